The first-order valence-electron chi connectivity index (χ1n) is 16.6. The number of carbonyl (C=O) groups excluding carboxylic acids is 1. The van der Waals surface area contributed by atoms with Crippen molar-refractivity contribution in [2.45, 2.75) is 75.2 Å². The number of benzene rings is 2. The highest BCUT2D eigenvalue weighted by Gasteiger charge is 2.50. The molecule has 0 spiro atoms. The monoisotopic (exact) mass is 631 g/mol. The summed E-state index contributed by atoms with van der Waals surface area (Å²) < 4.78 is 12.1. The number of amides is 1. The number of piperazine rings is 1. The standard InChI is InChI=1S/C34H42ClN7O3/c1-36-33(43)44-20-25-11-14-34(13-4-15-42(25)34)21-45-32-38-28-19-40(29-8-3-6-22-5-2-7-27(35)30(22)29)16-12-26(28)31(39-32)41-17-23-9-10-24(18-41)37-23/h2-3,5-8,23-25,37H,4,9-21H2,1H3,(H,36,43)/t23?,24?,25-,34-/m1/s1. The minimum Gasteiger partial charge on any atom is -0.461 e. The zero-order valence-electron chi connectivity index (χ0n) is 25.9. The highest BCUT2D eigenvalue weighted by atomic mass is 35.5. The van der Waals surface area contributed by atoms with Gasteiger partial charge < -0.3 is 29.9 Å². The average molecular weight is 632 g/mol. The van der Waals surface area contributed by atoms with Crippen molar-refractivity contribution in [2.24, 2.45) is 0 Å². The van der Waals surface area contributed by atoms with Gasteiger partial charge in [0.15, 0.2) is 0 Å². The number of rotatable bonds is 7. The van der Waals surface area contributed by atoms with Crippen LogP contribution in [-0.4, -0.2) is 91.1 Å². The quantitative estimate of drug-likeness (QED) is 0.390. The fraction of sp³-hybridized carbons (Fsp3) is 0.559. The van der Waals surface area contributed by atoms with Gasteiger partial charge in [0.2, 0.25) is 0 Å². The normalized spacial score (nSPS) is 27.5. The van der Waals surface area contributed by atoms with Crippen LogP contribution in [-0.2, 0) is 17.7 Å². The van der Waals surface area contributed by atoms with Crippen LogP contribution in [0.25, 0.3) is 10.8 Å². The lowest BCUT2D eigenvalue weighted by Crippen LogP contribution is -2.52. The number of aromatic nitrogens is 2. The summed E-state index contributed by atoms with van der Waals surface area (Å²) in [6.45, 7) is 5.43. The Morgan fingerprint density at radius 1 is 1.07 bits per heavy atom. The molecular weight excluding hydrogens is 590 g/mol. The van der Waals surface area contributed by atoms with Crippen molar-refractivity contribution in [3.8, 4) is 6.01 Å². The van der Waals surface area contributed by atoms with E-state index >= 15 is 0 Å². The molecule has 10 nitrogen and oxygen atoms in total. The second kappa shape index (κ2) is 11.8. The second-order valence-corrected chi connectivity index (χ2v) is 13.8. The molecule has 1 aromatic heterocycles. The lowest BCUT2D eigenvalue weighted by atomic mass is 9.95. The maximum absolute atomic E-state index is 11.8. The van der Waals surface area contributed by atoms with Crippen molar-refractivity contribution in [3.63, 3.8) is 0 Å². The first kappa shape index (κ1) is 29.1. The SMILES string of the molecule is CNC(=O)OC[C@H]1CC[C@@]2(COc3nc4c(c(N5CC6CCC(C5)N6)n3)CCN(c3cccc5cccc(Cl)c35)C4)CCCN12. The van der Waals surface area contributed by atoms with Crippen molar-refractivity contribution in [2.75, 3.05) is 56.2 Å². The molecule has 5 aliphatic heterocycles. The zero-order valence-corrected chi connectivity index (χ0v) is 26.7. The van der Waals surface area contributed by atoms with E-state index in [9.17, 15) is 4.79 Å². The Labute approximate surface area is 269 Å². The summed E-state index contributed by atoms with van der Waals surface area (Å²) in [6.07, 6.45) is 7.12. The number of halogens is 1. The van der Waals surface area contributed by atoms with E-state index in [1.165, 1.54) is 18.4 Å². The molecule has 45 heavy (non-hydrogen) atoms. The number of alkyl carbamates (subject to hydrolysis) is 1. The lowest BCUT2D eigenvalue weighted by molar-refractivity contribution is 0.0554. The maximum atomic E-state index is 11.8. The van der Waals surface area contributed by atoms with Crippen molar-refractivity contribution in [3.05, 3.63) is 52.7 Å². The number of fused-ring (bicyclic) bond motifs is 5. The van der Waals surface area contributed by atoms with E-state index in [-0.39, 0.29) is 17.7 Å². The molecule has 0 radical (unpaired) electrons. The Morgan fingerprint density at radius 2 is 1.89 bits per heavy atom. The van der Waals surface area contributed by atoms with Gasteiger partial charge in [0.05, 0.1) is 22.8 Å². The number of nitrogens with zero attached hydrogens (tertiary/aromatic N) is 5. The van der Waals surface area contributed by atoms with Crippen molar-refractivity contribution in [1.82, 2.24) is 25.5 Å². The Bertz CT molecular complexity index is 1590. The Balaban J connectivity index is 1.08. The molecule has 4 fully saturated rings. The number of hydrogen-bond acceptors (Lipinski definition) is 9. The fourth-order valence-electron chi connectivity index (χ4n) is 8.66. The van der Waals surface area contributed by atoms with Crippen LogP contribution in [0.5, 0.6) is 6.01 Å². The molecule has 3 aromatic rings. The molecule has 2 bridgehead atoms. The molecule has 238 valence electrons. The van der Waals surface area contributed by atoms with Gasteiger partial charge in [-0.05, 0) is 69.0 Å². The zero-order chi connectivity index (χ0) is 30.5. The first-order valence-corrected chi connectivity index (χ1v) is 16.9. The summed E-state index contributed by atoms with van der Waals surface area (Å²) in [5, 5.41) is 9.33. The van der Waals surface area contributed by atoms with Gasteiger partial charge in [-0.3, -0.25) is 4.90 Å². The minimum atomic E-state index is -0.376. The topological polar surface area (TPSA) is 95.1 Å². The number of anilines is 2. The van der Waals surface area contributed by atoms with E-state index in [0.29, 0.717) is 37.9 Å². The van der Waals surface area contributed by atoms with Gasteiger partial charge in [0.25, 0.3) is 0 Å². The van der Waals surface area contributed by atoms with Gasteiger partial charge in [0.1, 0.15) is 19.0 Å². The molecule has 6 heterocycles. The van der Waals surface area contributed by atoms with E-state index in [1.807, 2.05) is 12.1 Å². The smallest absolute Gasteiger partial charge is 0.406 e. The van der Waals surface area contributed by atoms with Gasteiger partial charge in [-0.1, -0.05) is 35.9 Å². The van der Waals surface area contributed by atoms with Gasteiger partial charge >= 0.3 is 12.1 Å². The molecule has 2 unspecified atom stereocenters. The molecule has 2 N–H and O–H groups in total. The predicted octanol–water partition coefficient (Wildman–Crippen LogP) is 4.52. The fourth-order valence-corrected chi connectivity index (χ4v) is 8.94. The molecule has 5 aliphatic rings. The Kier molecular flexibility index (Phi) is 7.62. The molecule has 4 saturated heterocycles. The molecule has 1 amide bonds. The number of ether oxygens (including phenoxy) is 2. The van der Waals surface area contributed by atoms with Crippen LogP contribution in [0.2, 0.25) is 5.02 Å². The molecule has 2 aromatic carbocycles. The van der Waals surface area contributed by atoms with Crippen LogP contribution in [0.1, 0.15) is 49.8 Å². The van der Waals surface area contributed by atoms with E-state index in [4.69, 9.17) is 31.0 Å². The maximum Gasteiger partial charge on any atom is 0.406 e. The van der Waals surface area contributed by atoms with Crippen LogP contribution < -0.4 is 25.2 Å². The summed E-state index contributed by atoms with van der Waals surface area (Å²) in [6, 6.07) is 14.2. The number of nitrogens with one attached hydrogen (secondary N) is 2. The van der Waals surface area contributed by atoms with Crippen molar-refractivity contribution in [1.29, 1.82) is 0 Å². The van der Waals surface area contributed by atoms with Gasteiger partial charge in [-0.2, -0.15) is 9.97 Å². The highest BCUT2D eigenvalue weighted by Crippen LogP contribution is 2.43. The minimum absolute atomic E-state index is 0.0734. The third-order valence-corrected chi connectivity index (χ3v) is 11.1. The van der Waals surface area contributed by atoms with Crippen molar-refractivity contribution < 1.29 is 14.3 Å². The Hall–Kier alpha value is -3.34. The largest absolute Gasteiger partial charge is 0.461 e. The molecular formula is C34H42ClN7O3. The third kappa shape index (κ3) is 5.34. The summed E-state index contributed by atoms with van der Waals surface area (Å²) in [7, 11) is 1.60. The highest BCUT2D eigenvalue weighted by molar-refractivity contribution is 6.36. The van der Waals surface area contributed by atoms with Crippen LogP contribution in [0.15, 0.2) is 36.4 Å². The molecule has 4 atom stereocenters. The van der Waals surface area contributed by atoms with Crippen LogP contribution in [0.3, 0.4) is 0 Å². The van der Waals surface area contributed by atoms with Gasteiger partial charge in [0, 0.05) is 61.4 Å². The molecule has 11 heteroatoms. The number of carbonyl (C=O) groups is 1. The van der Waals surface area contributed by atoms with Crippen LogP contribution in [0.4, 0.5) is 16.3 Å². The van der Waals surface area contributed by atoms with Crippen molar-refractivity contribution >= 4 is 40.0 Å². The van der Waals surface area contributed by atoms with Gasteiger partial charge in [-0.15, -0.1) is 0 Å². The van der Waals surface area contributed by atoms with Gasteiger partial charge in [-0.25, -0.2) is 4.79 Å². The summed E-state index contributed by atoms with van der Waals surface area (Å²) in [5.74, 6) is 1.05. The van der Waals surface area contributed by atoms with Crippen LogP contribution in [0, 0.1) is 0 Å². The lowest BCUT2D eigenvalue weighted by Gasteiger charge is -2.38. The second-order valence-electron chi connectivity index (χ2n) is 13.4. The summed E-state index contributed by atoms with van der Waals surface area (Å²) in [4.78, 5) is 29.4. The predicted molar refractivity (Wildman–Crippen MR) is 175 cm³/mol. The average Bonchev–Trinajstić information content (AvgIpc) is 3.74. The molecule has 0 saturated carbocycles. The van der Waals surface area contributed by atoms with Crippen LogP contribution >= 0.6 is 11.6 Å². The first-order chi connectivity index (χ1) is 22.0. The summed E-state index contributed by atoms with van der Waals surface area (Å²) >= 11 is 6.75. The van der Waals surface area contributed by atoms with E-state index < -0.39 is 0 Å². The third-order valence-electron chi connectivity index (χ3n) is 10.8. The molecule has 0 aliphatic carbocycles. The Morgan fingerprint density at radius 3 is 2.71 bits per heavy atom. The molecule has 8 rings (SSSR count). The summed E-state index contributed by atoms with van der Waals surface area (Å²) in [5.41, 5.74) is 3.36. The van der Waals surface area contributed by atoms with E-state index in [1.54, 1.807) is 7.05 Å². The number of hydrogen-bond donors (Lipinski definition) is 2. The van der Waals surface area contributed by atoms with E-state index in [0.717, 1.165) is 91.3 Å². The van der Waals surface area contributed by atoms with E-state index in [2.05, 4.69) is 49.6 Å².